The third-order valence-corrected chi connectivity index (χ3v) is 3.48. The molecule has 3 rings (SSSR count). The Morgan fingerprint density at radius 2 is 2.00 bits per heavy atom. The Morgan fingerprint density at radius 1 is 1.14 bits per heavy atom. The number of halogens is 1. The number of fused-ring (bicyclic) bond motifs is 1. The summed E-state index contributed by atoms with van der Waals surface area (Å²) in [5.41, 5.74) is 9.41. The second kappa shape index (κ2) is 5.31. The lowest BCUT2D eigenvalue weighted by molar-refractivity contribution is 1.40. The number of nitrogens with two attached hydrogens (primary N) is 1. The first kappa shape index (κ1) is 13.2. The zero-order chi connectivity index (χ0) is 14.8. The van der Waals surface area contributed by atoms with Gasteiger partial charge in [0.1, 0.15) is 0 Å². The van der Waals surface area contributed by atoms with E-state index in [9.17, 15) is 0 Å². The van der Waals surface area contributed by atoms with Crippen molar-refractivity contribution in [2.45, 2.75) is 0 Å². The van der Waals surface area contributed by atoms with Crippen LogP contribution in [0.2, 0.25) is 5.02 Å². The number of benzene rings is 2. The normalized spacial score (nSPS) is 10.3. The molecule has 2 aromatic carbocycles. The van der Waals surface area contributed by atoms with Crippen molar-refractivity contribution in [3.8, 4) is 6.07 Å². The first-order valence-electron chi connectivity index (χ1n) is 6.29. The van der Waals surface area contributed by atoms with Crippen molar-refractivity contribution in [2.24, 2.45) is 0 Å². The van der Waals surface area contributed by atoms with Crippen LogP contribution in [0, 0.1) is 11.3 Å². The van der Waals surface area contributed by atoms with Crippen LogP contribution < -0.4 is 11.1 Å². The van der Waals surface area contributed by atoms with Crippen molar-refractivity contribution >= 4 is 39.6 Å². The fraction of sp³-hybridized carbons (Fsp3) is 0. The fourth-order valence-corrected chi connectivity index (χ4v) is 2.37. The van der Waals surface area contributed by atoms with Gasteiger partial charge in [-0.15, -0.1) is 0 Å². The summed E-state index contributed by atoms with van der Waals surface area (Å²) in [5.74, 6) is 0. The molecule has 21 heavy (non-hydrogen) atoms. The zero-order valence-electron chi connectivity index (χ0n) is 11.0. The van der Waals surface area contributed by atoms with E-state index in [4.69, 9.17) is 22.6 Å². The summed E-state index contributed by atoms with van der Waals surface area (Å²) in [4.78, 5) is 4.29. The molecule has 5 heteroatoms. The van der Waals surface area contributed by atoms with E-state index in [1.807, 2.05) is 24.3 Å². The van der Waals surface area contributed by atoms with Crippen molar-refractivity contribution in [3.63, 3.8) is 0 Å². The highest BCUT2D eigenvalue weighted by Crippen LogP contribution is 2.31. The summed E-state index contributed by atoms with van der Waals surface area (Å²) in [7, 11) is 0. The molecule has 1 heterocycles. The highest BCUT2D eigenvalue weighted by molar-refractivity contribution is 6.33. The van der Waals surface area contributed by atoms with Gasteiger partial charge in [0.2, 0.25) is 0 Å². The number of anilines is 3. The van der Waals surface area contributed by atoms with E-state index < -0.39 is 0 Å². The predicted molar refractivity (Wildman–Crippen MR) is 85.6 cm³/mol. The lowest BCUT2D eigenvalue weighted by atomic mass is 10.1. The van der Waals surface area contributed by atoms with Crippen LogP contribution in [0.15, 0.2) is 48.7 Å². The van der Waals surface area contributed by atoms with E-state index >= 15 is 0 Å². The largest absolute Gasteiger partial charge is 0.397 e. The van der Waals surface area contributed by atoms with Gasteiger partial charge in [-0.2, -0.15) is 5.26 Å². The lowest BCUT2D eigenvalue weighted by Gasteiger charge is -2.11. The average molecular weight is 295 g/mol. The van der Waals surface area contributed by atoms with Gasteiger partial charge in [-0.1, -0.05) is 23.7 Å². The highest BCUT2D eigenvalue weighted by atomic mass is 35.5. The Bertz CT molecular complexity index is 868. The maximum Gasteiger partial charge on any atom is 0.0992 e. The summed E-state index contributed by atoms with van der Waals surface area (Å²) in [6, 6.07) is 14.7. The van der Waals surface area contributed by atoms with E-state index in [0.717, 1.165) is 22.3 Å². The van der Waals surface area contributed by atoms with Crippen molar-refractivity contribution in [2.75, 3.05) is 11.1 Å². The van der Waals surface area contributed by atoms with E-state index in [0.29, 0.717) is 16.3 Å². The summed E-state index contributed by atoms with van der Waals surface area (Å²) >= 11 is 6.19. The molecule has 0 aliphatic heterocycles. The second-order valence-corrected chi connectivity index (χ2v) is 4.94. The molecular formula is C16H11ClN4. The monoisotopic (exact) mass is 294 g/mol. The first-order valence-corrected chi connectivity index (χ1v) is 6.67. The van der Waals surface area contributed by atoms with Crippen LogP contribution in [0.1, 0.15) is 5.56 Å². The molecule has 0 bridgehead atoms. The summed E-state index contributed by atoms with van der Waals surface area (Å²) < 4.78 is 0. The van der Waals surface area contributed by atoms with Gasteiger partial charge in [0, 0.05) is 17.3 Å². The summed E-state index contributed by atoms with van der Waals surface area (Å²) in [5, 5.41) is 13.5. The molecule has 0 spiro atoms. The standard InChI is InChI=1S/C16H11ClN4/c17-12-8-10(9-18)4-5-15(12)21-14-6-7-20-16-11(14)2-1-3-13(16)19/h1-8H,19H2,(H,20,21). The molecule has 4 nitrogen and oxygen atoms in total. The minimum absolute atomic E-state index is 0.489. The SMILES string of the molecule is N#Cc1ccc(Nc2ccnc3c(N)cccc23)c(Cl)c1. The Kier molecular flexibility index (Phi) is 3.35. The molecule has 0 saturated carbocycles. The lowest BCUT2D eigenvalue weighted by Crippen LogP contribution is -1.96. The van der Waals surface area contributed by atoms with Gasteiger partial charge >= 0.3 is 0 Å². The molecule has 0 aliphatic carbocycles. The molecule has 1 aromatic heterocycles. The minimum Gasteiger partial charge on any atom is -0.397 e. The minimum atomic E-state index is 0.489. The van der Waals surface area contributed by atoms with Crippen LogP contribution >= 0.6 is 11.6 Å². The van der Waals surface area contributed by atoms with Crippen molar-refractivity contribution < 1.29 is 0 Å². The number of rotatable bonds is 2. The maximum absolute atomic E-state index is 8.86. The third kappa shape index (κ3) is 2.47. The van der Waals surface area contributed by atoms with E-state index in [2.05, 4.69) is 16.4 Å². The van der Waals surface area contributed by atoms with Gasteiger partial charge in [-0.3, -0.25) is 4.98 Å². The quantitative estimate of drug-likeness (QED) is 0.698. The Balaban J connectivity index is 2.07. The summed E-state index contributed by atoms with van der Waals surface area (Å²) in [6.45, 7) is 0. The van der Waals surface area contributed by atoms with Crippen molar-refractivity contribution in [3.05, 3.63) is 59.2 Å². The van der Waals surface area contributed by atoms with Crippen molar-refractivity contribution in [1.29, 1.82) is 5.26 Å². The number of hydrogen-bond donors (Lipinski definition) is 2. The molecule has 0 radical (unpaired) electrons. The molecule has 3 aromatic rings. The molecule has 0 amide bonds. The van der Waals surface area contributed by atoms with Gasteiger partial charge in [-0.05, 0) is 30.3 Å². The topological polar surface area (TPSA) is 74.7 Å². The molecular weight excluding hydrogens is 284 g/mol. The van der Waals surface area contributed by atoms with E-state index in [1.54, 1.807) is 24.4 Å². The first-order chi connectivity index (χ1) is 10.2. The highest BCUT2D eigenvalue weighted by Gasteiger charge is 2.07. The molecule has 0 atom stereocenters. The fourth-order valence-electron chi connectivity index (χ4n) is 2.14. The Morgan fingerprint density at radius 3 is 2.76 bits per heavy atom. The molecule has 102 valence electrons. The van der Waals surface area contributed by atoms with Crippen LogP contribution in [0.5, 0.6) is 0 Å². The molecule has 0 unspecified atom stereocenters. The van der Waals surface area contributed by atoms with Crippen LogP contribution in [0.4, 0.5) is 17.1 Å². The van der Waals surface area contributed by atoms with Crippen LogP contribution in [-0.4, -0.2) is 4.98 Å². The predicted octanol–water partition coefficient (Wildman–Crippen LogP) is 4.09. The van der Waals surface area contributed by atoms with Gasteiger partial charge < -0.3 is 11.1 Å². The van der Waals surface area contributed by atoms with Gasteiger partial charge in [0.05, 0.1) is 33.5 Å². The number of nitrogens with zero attached hydrogens (tertiary/aromatic N) is 2. The summed E-state index contributed by atoms with van der Waals surface area (Å²) in [6.07, 6.45) is 1.69. The van der Waals surface area contributed by atoms with E-state index in [-0.39, 0.29) is 0 Å². The number of nitrogens with one attached hydrogen (secondary N) is 1. The second-order valence-electron chi connectivity index (χ2n) is 4.53. The zero-order valence-corrected chi connectivity index (χ0v) is 11.7. The molecule has 0 saturated heterocycles. The van der Waals surface area contributed by atoms with Gasteiger partial charge in [0.15, 0.2) is 0 Å². The van der Waals surface area contributed by atoms with Crippen LogP contribution in [0.25, 0.3) is 10.9 Å². The number of hydrogen-bond acceptors (Lipinski definition) is 4. The van der Waals surface area contributed by atoms with Gasteiger partial charge in [0.25, 0.3) is 0 Å². The average Bonchev–Trinajstić information content (AvgIpc) is 2.50. The van der Waals surface area contributed by atoms with Gasteiger partial charge in [-0.25, -0.2) is 0 Å². The maximum atomic E-state index is 8.86. The Labute approximate surface area is 126 Å². The molecule has 3 N–H and O–H groups in total. The third-order valence-electron chi connectivity index (χ3n) is 3.17. The number of nitrogen functional groups attached to an aromatic ring is 1. The molecule has 0 fully saturated rings. The van der Waals surface area contributed by atoms with E-state index in [1.165, 1.54) is 0 Å². The number of aromatic nitrogens is 1. The number of nitriles is 1. The smallest absolute Gasteiger partial charge is 0.0992 e. The van der Waals surface area contributed by atoms with Crippen LogP contribution in [-0.2, 0) is 0 Å². The molecule has 0 aliphatic rings. The Hall–Kier alpha value is -2.77. The number of pyridine rings is 1. The van der Waals surface area contributed by atoms with Crippen LogP contribution in [0.3, 0.4) is 0 Å². The number of para-hydroxylation sites is 1. The van der Waals surface area contributed by atoms with Crippen molar-refractivity contribution in [1.82, 2.24) is 4.98 Å².